The minimum atomic E-state index is -0.798. The van der Waals surface area contributed by atoms with Crippen molar-refractivity contribution in [1.29, 1.82) is 0 Å². The summed E-state index contributed by atoms with van der Waals surface area (Å²) in [4.78, 5) is 2.27. The highest BCUT2D eigenvalue weighted by Crippen LogP contribution is 2.49. The van der Waals surface area contributed by atoms with Crippen molar-refractivity contribution < 1.29 is 14.9 Å². The zero-order chi connectivity index (χ0) is 19.9. The summed E-state index contributed by atoms with van der Waals surface area (Å²) in [6, 6.07) is 12.9. The maximum atomic E-state index is 11.2. The van der Waals surface area contributed by atoms with Crippen LogP contribution in [0.5, 0.6) is 5.75 Å². The first-order valence-electron chi connectivity index (χ1n) is 9.60. The maximum absolute atomic E-state index is 11.2. The zero-order valence-corrected chi connectivity index (χ0v) is 17.3. The fourth-order valence-electron chi connectivity index (χ4n) is 4.86. The lowest BCUT2D eigenvalue weighted by atomic mass is 9.90. The molecule has 1 heterocycles. The molecule has 0 bridgehead atoms. The van der Waals surface area contributed by atoms with Crippen LogP contribution in [0.2, 0.25) is 10.0 Å². The van der Waals surface area contributed by atoms with E-state index in [-0.39, 0.29) is 0 Å². The fraction of sp³-hybridized carbons (Fsp3) is 0.455. The van der Waals surface area contributed by atoms with Crippen molar-refractivity contribution in [2.45, 2.75) is 24.5 Å². The summed E-state index contributed by atoms with van der Waals surface area (Å²) in [7, 11) is 1.64. The Labute approximate surface area is 175 Å². The van der Waals surface area contributed by atoms with Gasteiger partial charge in [-0.25, -0.2) is 0 Å². The number of likely N-dealkylation sites (tertiary alicyclic amines) is 1. The molecule has 4 atom stereocenters. The monoisotopic (exact) mass is 421 g/mol. The van der Waals surface area contributed by atoms with Crippen molar-refractivity contribution in [3.8, 4) is 5.75 Å². The van der Waals surface area contributed by atoms with E-state index in [1.165, 1.54) is 0 Å². The Morgan fingerprint density at radius 1 is 1.14 bits per heavy atom. The molecule has 2 aromatic rings. The molecule has 6 heteroatoms. The molecule has 2 fully saturated rings. The molecule has 0 aromatic heterocycles. The van der Waals surface area contributed by atoms with Gasteiger partial charge in [0.1, 0.15) is 5.75 Å². The van der Waals surface area contributed by atoms with Crippen molar-refractivity contribution >= 4 is 23.2 Å². The van der Waals surface area contributed by atoms with Crippen LogP contribution >= 0.6 is 23.2 Å². The van der Waals surface area contributed by atoms with E-state index in [9.17, 15) is 10.2 Å². The second kappa shape index (κ2) is 7.85. The second-order valence-electron chi connectivity index (χ2n) is 8.09. The van der Waals surface area contributed by atoms with Crippen molar-refractivity contribution in [3.63, 3.8) is 0 Å². The van der Waals surface area contributed by atoms with Gasteiger partial charge in [-0.05, 0) is 54.5 Å². The number of aliphatic hydroxyl groups is 2. The van der Waals surface area contributed by atoms with Gasteiger partial charge in [-0.2, -0.15) is 0 Å². The van der Waals surface area contributed by atoms with Gasteiger partial charge < -0.3 is 14.9 Å². The molecule has 1 aliphatic carbocycles. The number of hydrogen-bond acceptors (Lipinski definition) is 4. The third kappa shape index (κ3) is 3.89. The molecule has 4 rings (SSSR count). The minimum absolute atomic E-state index is 0.420. The van der Waals surface area contributed by atoms with E-state index in [1.807, 2.05) is 24.3 Å². The standard InChI is InChI=1S/C22H25Cl2NO3/c1-28-18-4-2-3-16(7-18)22(27)9-14-11-25(12-15(14)10-22)13-21(26)19-6-5-17(23)8-20(19)24/h2-8,14-15,21,26-27H,9-13H2,1H3/t14-,15+,21?,22?. The number of hydrogen-bond donors (Lipinski definition) is 2. The van der Waals surface area contributed by atoms with Gasteiger partial charge in [0.25, 0.3) is 0 Å². The molecule has 150 valence electrons. The van der Waals surface area contributed by atoms with Crippen LogP contribution < -0.4 is 4.74 Å². The van der Waals surface area contributed by atoms with Gasteiger partial charge in [-0.15, -0.1) is 0 Å². The van der Waals surface area contributed by atoms with E-state index in [1.54, 1.807) is 25.3 Å². The number of fused-ring (bicyclic) bond motifs is 1. The van der Waals surface area contributed by atoms with Gasteiger partial charge in [-0.1, -0.05) is 41.4 Å². The Morgan fingerprint density at radius 3 is 2.50 bits per heavy atom. The van der Waals surface area contributed by atoms with Crippen LogP contribution in [0.4, 0.5) is 0 Å². The SMILES string of the molecule is COc1cccc(C2(O)C[C@H]3CN(CC(O)c4ccc(Cl)cc4Cl)C[C@H]3C2)c1. The first-order valence-corrected chi connectivity index (χ1v) is 10.4. The van der Waals surface area contributed by atoms with Crippen LogP contribution in [-0.4, -0.2) is 41.9 Å². The molecule has 0 spiro atoms. The molecular weight excluding hydrogens is 397 g/mol. The quantitative estimate of drug-likeness (QED) is 0.756. The predicted molar refractivity (Wildman–Crippen MR) is 111 cm³/mol. The lowest BCUT2D eigenvalue weighted by molar-refractivity contribution is 0.0287. The van der Waals surface area contributed by atoms with Crippen LogP contribution in [0.15, 0.2) is 42.5 Å². The van der Waals surface area contributed by atoms with Gasteiger partial charge in [0.15, 0.2) is 0 Å². The third-order valence-corrected chi connectivity index (χ3v) is 6.77. The summed E-state index contributed by atoms with van der Waals surface area (Å²) >= 11 is 12.2. The number of ether oxygens (including phenoxy) is 1. The number of halogens is 2. The lowest BCUT2D eigenvalue weighted by Gasteiger charge is -2.27. The Hall–Kier alpha value is -1.30. The normalized spacial score (nSPS) is 28.3. The van der Waals surface area contributed by atoms with Crippen molar-refractivity contribution in [3.05, 3.63) is 63.6 Å². The number of β-amino-alcohol motifs (C(OH)–C–C–N with tert-alkyl or cyclic N) is 1. The first-order chi connectivity index (χ1) is 13.4. The lowest BCUT2D eigenvalue weighted by Crippen LogP contribution is -2.31. The Kier molecular flexibility index (Phi) is 5.60. The van der Waals surface area contributed by atoms with Crippen LogP contribution in [0, 0.1) is 11.8 Å². The number of rotatable bonds is 5. The summed E-state index contributed by atoms with van der Waals surface area (Å²) in [5, 5.41) is 22.9. The molecule has 2 N–H and O–H groups in total. The van der Waals surface area contributed by atoms with Crippen molar-refractivity contribution in [1.82, 2.24) is 4.90 Å². The number of benzene rings is 2. The minimum Gasteiger partial charge on any atom is -0.497 e. The smallest absolute Gasteiger partial charge is 0.119 e. The molecule has 2 aliphatic rings. The predicted octanol–water partition coefficient (Wildman–Crippen LogP) is 4.27. The molecule has 0 radical (unpaired) electrons. The average Bonchev–Trinajstić information content (AvgIpc) is 3.16. The third-order valence-electron chi connectivity index (χ3n) is 6.21. The van der Waals surface area contributed by atoms with E-state index >= 15 is 0 Å². The molecule has 1 saturated carbocycles. The molecule has 0 amide bonds. The second-order valence-corrected chi connectivity index (χ2v) is 8.94. The number of methoxy groups -OCH3 is 1. The largest absolute Gasteiger partial charge is 0.497 e. The van der Waals surface area contributed by atoms with Crippen LogP contribution in [0.25, 0.3) is 0 Å². The van der Waals surface area contributed by atoms with Gasteiger partial charge in [-0.3, -0.25) is 4.90 Å². The highest BCUT2D eigenvalue weighted by Gasteiger charge is 2.49. The topological polar surface area (TPSA) is 52.9 Å². The molecule has 28 heavy (non-hydrogen) atoms. The summed E-state index contributed by atoms with van der Waals surface area (Å²) in [6.45, 7) is 2.28. The van der Waals surface area contributed by atoms with E-state index in [2.05, 4.69) is 4.90 Å². The first kappa shape index (κ1) is 20.0. The molecule has 1 saturated heterocycles. The zero-order valence-electron chi connectivity index (χ0n) is 15.8. The van der Waals surface area contributed by atoms with E-state index in [0.29, 0.717) is 34.0 Å². The summed E-state index contributed by atoms with van der Waals surface area (Å²) in [5.41, 5.74) is 0.838. The van der Waals surface area contributed by atoms with Crippen LogP contribution in [0.1, 0.15) is 30.1 Å². The molecular formula is C22H25Cl2NO3. The molecule has 1 aliphatic heterocycles. The van der Waals surface area contributed by atoms with E-state index in [4.69, 9.17) is 27.9 Å². The number of nitrogens with zero attached hydrogens (tertiary/aromatic N) is 1. The highest BCUT2D eigenvalue weighted by molar-refractivity contribution is 6.35. The summed E-state index contributed by atoms with van der Waals surface area (Å²) in [5.74, 6) is 1.61. The Balaban J connectivity index is 1.40. The summed E-state index contributed by atoms with van der Waals surface area (Å²) in [6.07, 6.45) is 0.819. The van der Waals surface area contributed by atoms with Gasteiger partial charge in [0, 0.05) is 35.2 Å². The molecule has 4 nitrogen and oxygen atoms in total. The Bertz CT molecular complexity index is 845. The molecule has 2 aromatic carbocycles. The van der Waals surface area contributed by atoms with Crippen LogP contribution in [-0.2, 0) is 5.60 Å². The highest BCUT2D eigenvalue weighted by atomic mass is 35.5. The Morgan fingerprint density at radius 2 is 1.86 bits per heavy atom. The van der Waals surface area contributed by atoms with Crippen molar-refractivity contribution in [2.24, 2.45) is 11.8 Å². The van der Waals surface area contributed by atoms with Crippen LogP contribution in [0.3, 0.4) is 0 Å². The fourth-order valence-corrected chi connectivity index (χ4v) is 5.40. The maximum Gasteiger partial charge on any atom is 0.119 e. The summed E-state index contributed by atoms with van der Waals surface area (Å²) < 4.78 is 5.31. The number of aliphatic hydroxyl groups excluding tert-OH is 1. The van der Waals surface area contributed by atoms with Gasteiger partial charge >= 0.3 is 0 Å². The average molecular weight is 422 g/mol. The van der Waals surface area contributed by atoms with E-state index in [0.717, 1.165) is 37.2 Å². The van der Waals surface area contributed by atoms with Crippen molar-refractivity contribution in [2.75, 3.05) is 26.7 Å². The molecule has 2 unspecified atom stereocenters. The van der Waals surface area contributed by atoms with Gasteiger partial charge in [0.2, 0.25) is 0 Å². The van der Waals surface area contributed by atoms with Gasteiger partial charge in [0.05, 0.1) is 18.8 Å². The van der Waals surface area contributed by atoms with E-state index < -0.39 is 11.7 Å².